The van der Waals surface area contributed by atoms with Crippen LogP contribution in [-0.4, -0.2) is 35.7 Å². The first-order valence-corrected chi connectivity index (χ1v) is 9.14. The van der Waals surface area contributed by atoms with Gasteiger partial charge in [0.1, 0.15) is 0 Å². The van der Waals surface area contributed by atoms with Gasteiger partial charge in [-0.25, -0.2) is 0 Å². The summed E-state index contributed by atoms with van der Waals surface area (Å²) in [6.07, 6.45) is 1.77. The summed E-state index contributed by atoms with van der Waals surface area (Å²) in [7, 11) is 0. The van der Waals surface area contributed by atoms with Crippen molar-refractivity contribution in [1.29, 1.82) is 0 Å². The number of fused-ring (bicyclic) bond motifs is 1. The van der Waals surface area contributed by atoms with Crippen molar-refractivity contribution >= 4 is 16.6 Å². The first-order valence-electron chi connectivity index (χ1n) is 9.14. The van der Waals surface area contributed by atoms with Crippen LogP contribution in [0.25, 0.3) is 10.9 Å². The van der Waals surface area contributed by atoms with Crippen LogP contribution in [0.1, 0.15) is 16.8 Å². The second-order valence-electron chi connectivity index (χ2n) is 6.94. The summed E-state index contributed by atoms with van der Waals surface area (Å²) in [5.74, 6) is 0. The van der Waals surface area contributed by atoms with Crippen LogP contribution in [0.3, 0.4) is 0 Å². The highest BCUT2D eigenvalue weighted by Gasteiger charge is 2.20. The van der Waals surface area contributed by atoms with Crippen LogP contribution >= 0.6 is 0 Å². The number of hydrogen-bond donors (Lipinski definition) is 1. The smallest absolute Gasteiger partial charge is 0.256 e. The fourth-order valence-corrected chi connectivity index (χ4v) is 3.80. The molecule has 1 aliphatic heterocycles. The van der Waals surface area contributed by atoms with Crippen LogP contribution in [0, 0.1) is 13.8 Å². The lowest BCUT2D eigenvalue weighted by Crippen LogP contribution is -2.44. The topological polar surface area (TPSA) is 50.2 Å². The Balaban J connectivity index is 1.94. The predicted octanol–water partition coefficient (Wildman–Crippen LogP) is 2.47. The number of rotatable bonds is 3. The van der Waals surface area contributed by atoms with Crippen LogP contribution in [-0.2, 0) is 6.54 Å². The molecule has 1 N–H and O–H groups in total. The molecule has 5 nitrogen and oxygen atoms in total. The molecule has 3 heterocycles. The third kappa shape index (κ3) is 2.99. The third-order valence-corrected chi connectivity index (χ3v) is 5.10. The van der Waals surface area contributed by atoms with Crippen molar-refractivity contribution in [3.63, 3.8) is 0 Å². The molecular formula is C21H24N4O. The maximum absolute atomic E-state index is 13.2. The fraction of sp³-hybridized carbons (Fsp3) is 0.333. The Labute approximate surface area is 153 Å². The van der Waals surface area contributed by atoms with Crippen LogP contribution in [0.4, 0.5) is 5.69 Å². The maximum Gasteiger partial charge on any atom is 0.256 e. The molecular weight excluding hydrogens is 324 g/mol. The van der Waals surface area contributed by atoms with Crippen molar-refractivity contribution in [3.8, 4) is 0 Å². The molecule has 0 spiro atoms. The minimum Gasteiger partial charge on any atom is -0.368 e. The zero-order chi connectivity index (χ0) is 18.1. The standard InChI is InChI=1S/C21H24N4O/c1-15-6-7-19-18(13-15)20(24-11-9-22-10-12-24)16(2)21(26)25(19)14-17-5-3-4-8-23-17/h3-8,13,22H,9-12,14H2,1-2H3. The lowest BCUT2D eigenvalue weighted by molar-refractivity contribution is 0.588. The Bertz CT molecular complexity index is 988. The van der Waals surface area contributed by atoms with Gasteiger partial charge in [0.05, 0.1) is 23.4 Å². The number of anilines is 1. The molecule has 2 aromatic heterocycles. The van der Waals surface area contributed by atoms with E-state index in [1.165, 1.54) is 5.56 Å². The molecule has 0 unspecified atom stereocenters. The number of aromatic nitrogens is 2. The van der Waals surface area contributed by atoms with E-state index >= 15 is 0 Å². The molecule has 3 aromatic rings. The van der Waals surface area contributed by atoms with E-state index in [4.69, 9.17) is 0 Å². The van der Waals surface area contributed by atoms with Gasteiger partial charge in [-0.1, -0.05) is 17.7 Å². The summed E-state index contributed by atoms with van der Waals surface area (Å²) in [5, 5.41) is 4.54. The summed E-state index contributed by atoms with van der Waals surface area (Å²) in [6, 6.07) is 12.2. The molecule has 0 atom stereocenters. The van der Waals surface area contributed by atoms with Gasteiger partial charge >= 0.3 is 0 Å². The minimum absolute atomic E-state index is 0.0699. The van der Waals surface area contributed by atoms with Crippen molar-refractivity contribution < 1.29 is 0 Å². The number of piperazine rings is 1. The van der Waals surface area contributed by atoms with E-state index in [0.29, 0.717) is 6.54 Å². The monoisotopic (exact) mass is 348 g/mol. The van der Waals surface area contributed by atoms with Gasteiger partial charge in [0.15, 0.2) is 0 Å². The molecule has 1 aliphatic rings. The number of nitrogens with one attached hydrogen (secondary N) is 1. The van der Waals surface area contributed by atoms with E-state index in [-0.39, 0.29) is 5.56 Å². The van der Waals surface area contributed by atoms with Crippen molar-refractivity contribution in [1.82, 2.24) is 14.9 Å². The third-order valence-electron chi connectivity index (χ3n) is 5.10. The van der Waals surface area contributed by atoms with Crippen molar-refractivity contribution in [2.24, 2.45) is 0 Å². The van der Waals surface area contributed by atoms with Gasteiger partial charge in [0.2, 0.25) is 0 Å². The molecule has 1 aromatic carbocycles. The molecule has 134 valence electrons. The highest BCUT2D eigenvalue weighted by atomic mass is 16.1. The van der Waals surface area contributed by atoms with Crippen LogP contribution in [0.15, 0.2) is 47.4 Å². The van der Waals surface area contributed by atoms with E-state index in [2.05, 4.69) is 40.3 Å². The van der Waals surface area contributed by atoms with Crippen molar-refractivity contribution in [2.75, 3.05) is 31.1 Å². The summed E-state index contributed by atoms with van der Waals surface area (Å²) in [6.45, 7) is 8.29. The van der Waals surface area contributed by atoms with Gasteiger partial charge in [0.25, 0.3) is 5.56 Å². The average molecular weight is 348 g/mol. The molecule has 0 radical (unpaired) electrons. The first-order chi connectivity index (χ1) is 12.6. The van der Waals surface area contributed by atoms with Crippen molar-refractivity contribution in [3.05, 3.63) is 69.8 Å². The Hall–Kier alpha value is -2.66. The largest absolute Gasteiger partial charge is 0.368 e. The van der Waals surface area contributed by atoms with Crippen LogP contribution in [0.2, 0.25) is 0 Å². The first kappa shape index (κ1) is 16.8. The number of pyridine rings is 2. The second kappa shape index (κ2) is 6.92. The summed E-state index contributed by atoms with van der Waals surface area (Å²) in [4.78, 5) is 20.0. The van der Waals surface area contributed by atoms with Gasteiger partial charge < -0.3 is 14.8 Å². The van der Waals surface area contributed by atoms with Gasteiger partial charge in [-0.05, 0) is 38.1 Å². The van der Waals surface area contributed by atoms with E-state index in [9.17, 15) is 4.79 Å². The molecule has 0 aliphatic carbocycles. The number of aryl methyl sites for hydroxylation is 1. The number of benzene rings is 1. The van der Waals surface area contributed by atoms with Gasteiger partial charge in [-0.2, -0.15) is 0 Å². The quantitative estimate of drug-likeness (QED) is 0.790. The molecule has 0 bridgehead atoms. The number of hydrogen-bond acceptors (Lipinski definition) is 4. The van der Waals surface area contributed by atoms with Crippen LogP contribution < -0.4 is 15.8 Å². The molecule has 26 heavy (non-hydrogen) atoms. The van der Waals surface area contributed by atoms with Gasteiger partial charge in [-0.3, -0.25) is 9.78 Å². The highest BCUT2D eigenvalue weighted by molar-refractivity contribution is 5.94. The lowest BCUT2D eigenvalue weighted by atomic mass is 10.0. The lowest BCUT2D eigenvalue weighted by Gasteiger charge is -2.32. The summed E-state index contributed by atoms with van der Waals surface area (Å²) in [5.41, 5.74) is 5.06. The fourth-order valence-electron chi connectivity index (χ4n) is 3.80. The van der Waals surface area contributed by atoms with E-state index in [0.717, 1.165) is 54.0 Å². The molecule has 5 heteroatoms. The Morgan fingerprint density at radius 2 is 1.92 bits per heavy atom. The van der Waals surface area contributed by atoms with Gasteiger partial charge in [0, 0.05) is 43.3 Å². The highest BCUT2D eigenvalue weighted by Crippen LogP contribution is 2.30. The van der Waals surface area contributed by atoms with E-state index in [1.54, 1.807) is 6.20 Å². The molecule has 1 saturated heterocycles. The molecule has 0 saturated carbocycles. The zero-order valence-electron chi connectivity index (χ0n) is 15.3. The summed E-state index contributed by atoms with van der Waals surface area (Å²) >= 11 is 0. The van der Waals surface area contributed by atoms with E-state index in [1.807, 2.05) is 29.7 Å². The SMILES string of the molecule is Cc1ccc2c(c1)c(N1CCNCC1)c(C)c(=O)n2Cc1ccccn1. The number of nitrogens with zero attached hydrogens (tertiary/aromatic N) is 3. The Kier molecular flexibility index (Phi) is 4.47. The maximum atomic E-state index is 13.2. The average Bonchev–Trinajstić information content (AvgIpc) is 2.67. The Morgan fingerprint density at radius 3 is 2.65 bits per heavy atom. The normalized spacial score (nSPS) is 14.8. The van der Waals surface area contributed by atoms with Crippen LogP contribution in [0.5, 0.6) is 0 Å². The van der Waals surface area contributed by atoms with E-state index < -0.39 is 0 Å². The predicted molar refractivity (Wildman–Crippen MR) is 106 cm³/mol. The summed E-state index contributed by atoms with van der Waals surface area (Å²) < 4.78 is 1.86. The molecule has 1 fully saturated rings. The van der Waals surface area contributed by atoms with Crippen molar-refractivity contribution in [2.45, 2.75) is 20.4 Å². The molecule has 4 rings (SSSR count). The molecule has 0 amide bonds. The van der Waals surface area contributed by atoms with Gasteiger partial charge in [-0.15, -0.1) is 0 Å². The Morgan fingerprint density at radius 1 is 1.12 bits per heavy atom. The minimum atomic E-state index is 0.0699. The second-order valence-corrected chi connectivity index (χ2v) is 6.94. The zero-order valence-corrected chi connectivity index (χ0v) is 15.3.